The minimum absolute atomic E-state index is 0.0713. The van der Waals surface area contributed by atoms with E-state index in [0.717, 1.165) is 37.0 Å². The molecular formula is C24H40O3Si. The number of methoxy groups -OCH3 is 1. The summed E-state index contributed by atoms with van der Waals surface area (Å²) in [5.41, 5.74) is 1.84. The van der Waals surface area contributed by atoms with E-state index in [1.54, 1.807) is 7.11 Å². The second-order valence-electron chi connectivity index (χ2n) is 10.0. The molecular weight excluding hydrogens is 364 g/mol. The standard InChI is InChI=1S/C24H40O3Si/c1-10-20(27-28(7,8)9)23(4,11-2)16-21(26-6)24(5)17(3)12-13-18-14-15-19(25)22(18)24/h10-11,17,21H,2,12-16H2,1,3-9H3/b20-10+/t17-,21-,23-,24?/m1/s1. The van der Waals surface area contributed by atoms with Crippen LogP contribution in [0.15, 0.2) is 35.6 Å². The highest BCUT2D eigenvalue weighted by atomic mass is 28.4. The molecule has 0 aliphatic heterocycles. The molecule has 1 unspecified atom stereocenters. The molecule has 0 radical (unpaired) electrons. The van der Waals surface area contributed by atoms with Gasteiger partial charge in [-0.25, -0.2) is 0 Å². The molecule has 3 nitrogen and oxygen atoms in total. The molecule has 0 spiro atoms. The van der Waals surface area contributed by atoms with Crippen LogP contribution in [0.3, 0.4) is 0 Å². The van der Waals surface area contributed by atoms with Crippen molar-refractivity contribution in [3.8, 4) is 0 Å². The lowest BCUT2D eigenvalue weighted by molar-refractivity contribution is -0.118. The van der Waals surface area contributed by atoms with Crippen molar-refractivity contribution in [2.24, 2.45) is 16.7 Å². The Kier molecular flexibility index (Phi) is 6.87. The largest absolute Gasteiger partial charge is 0.547 e. The van der Waals surface area contributed by atoms with E-state index in [1.165, 1.54) is 5.57 Å². The average Bonchev–Trinajstić information content (AvgIpc) is 3.01. The molecule has 28 heavy (non-hydrogen) atoms. The van der Waals surface area contributed by atoms with Crippen molar-refractivity contribution in [2.75, 3.05) is 7.11 Å². The predicted octanol–water partition coefficient (Wildman–Crippen LogP) is 6.43. The quantitative estimate of drug-likeness (QED) is 0.265. The molecule has 0 fully saturated rings. The van der Waals surface area contributed by atoms with Crippen LogP contribution in [0.1, 0.15) is 59.8 Å². The summed E-state index contributed by atoms with van der Waals surface area (Å²) in [6, 6.07) is 0. The van der Waals surface area contributed by atoms with E-state index in [2.05, 4.69) is 53.1 Å². The molecule has 0 saturated heterocycles. The Bertz CT molecular complexity index is 684. The highest BCUT2D eigenvalue weighted by molar-refractivity contribution is 6.70. The maximum atomic E-state index is 12.8. The highest BCUT2D eigenvalue weighted by Gasteiger charge is 2.51. The molecule has 0 bridgehead atoms. The normalized spacial score (nSPS) is 29.4. The van der Waals surface area contributed by atoms with Crippen LogP contribution in [0.2, 0.25) is 19.6 Å². The lowest BCUT2D eigenvalue weighted by Crippen LogP contribution is -2.47. The monoisotopic (exact) mass is 404 g/mol. The number of hydrogen-bond acceptors (Lipinski definition) is 3. The number of Topliss-reactive ketones (excluding diaryl/α,β-unsaturated/α-hetero) is 1. The number of allylic oxidation sites excluding steroid dienone is 3. The van der Waals surface area contributed by atoms with Gasteiger partial charge in [-0.05, 0) is 65.1 Å². The summed E-state index contributed by atoms with van der Waals surface area (Å²) in [7, 11) is 0.0338. The second kappa shape index (κ2) is 8.31. The fourth-order valence-corrected chi connectivity index (χ4v) is 6.11. The summed E-state index contributed by atoms with van der Waals surface area (Å²) in [6.07, 6.45) is 8.54. The summed E-state index contributed by atoms with van der Waals surface area (Å²) in [5, 5.41) is 0. The van der Waals surface area contributed by atoms with E-state index in [1.807, 2.05) is 13.0 Å². The van der Waals surface area contributed by atoms with E-state index < -0.39 is 8.32 Å². The van der Waals surface area contributed by atoms with Crippen molar-refractivity contribution in [2.45, 2.75) is 85.5 Å². The van der Waals surface area contributed by atoms with Gasteiger partial charge in [0, 0.05) is 29.9 Å². The van der Waals surface area contributed by atoms with Crippen molar-refractivity contribution >= 4 is 14.1 Å². The van der Waals surface area contributed by atoms with Crippen LogP contribution in [-0.4, -0.2) is 27.3 Å². The Morgan fingerprint density at radius 2 is 2.00 bits per heavy atom. The third kappa shape index (κ3) is 4.23. The van der Waals surface area contributed by atoms with Crippen LogP contribution in [0.25, 0.3) is 0 Å². The minimum atomic E-state index is -1.75. The highest BCUT2D eigenvalue weighted by Crippen LogP contribution is 2.54. The zero-order valence-electron chi connectivity index (χ0n) is 19.3. The number of hydrogen-bond donors (Lipinski definition) is 0. The molecule has 4 atom stereocenters. The fraction of sp³-hybridized carbons (Fsp3) is 0.708. The van der Waals surface area contributed by atoms with E-state index in [-0.39, 0.29) is 16.9 Å². The van der Waals surface area contributed by atoms with E-state index in [9.17, 15) is 4.79 Å². The first-order chi connectivity index (χ1) is 12.9. The molecule has 0 N–H and O–H groups in total. The number of carbonyl (C=O) groups excluding carboxylic acids is 1. The van der Waals surface area contributed by atoms with E-state index >= 15 is 0 Å². The van der Waals surface area contributed by atoms with Crippen molar-refractivity contribution < 1.29 is 14.0 Å². The topological polar surface area (TPSA) is 35.5 Å². The SMILES string of the molecule is C=C[C@](C)(C[C@@H](OC)C1(C)C2=C(CCC2=O)CC[C@H]1C)/C(=C\C)O[Si](C)(C)C. The average molecular weight is 405 g/mol. The van der Waals surface area contributed by atoms with Gasteiger partial charge in [0.15, 0.2) is 5.78 Å². The molecule has 0 saturated carbocycles. The van der Waals surface area contributed by atoms with Gasteiger partial charge in [0.2, 0.25) is 8.32 Å². The van der Waals surface area contributed by atoms with Gasteiger partial charge in [0.25, 0.3) is 0 Å². The number of carbonyl (C=O) groups is 1. The smallest absolute Gasteiger partial charge is 0.241 e. The zero-order chi connectivity index (χ0) is 21.3. The molecule has 2 aliphatic carbocycles. The predicted molar refractivity (Wildman–Crippen MR) is 120 cm³/mol. The van der Waals surface area contributed by atoms with Crippen molar-refractivity contribution in [3.63, 3.8) is 0 Å². The molecule has 0 aromatic rings. The van der Waals surface area contributed by atoms with E-state index in [4.69, 9.17) is 9.16 Å². The Morgan fingerprint density at radius 3 is 2.50 bits per heavy atom. The van der Waals surface area contributed by atoms with Crippen molar-refractivity contribution in [3.05, 3.63) is 35.6 Å². The van der Waals surface area contributed by atoms with Crippen LogP contribution in [0.5, 0.6) is 0 Å². The van der Waals surface area contributed by atoms with Crippen LogP contribution in [0, 0.1) is 16.7 Å². The molecule has 2 rings (SSSR count). The lowest BCUT2D eigenvalue weighted by atomic mass is 9.59. The summed E-state index contributed by atoms with van der Waals surface area (Å²) >= 11 is 0. The minimum Gasteiger partial charge on any atom is -0.547 e. The molecule has 0 amide bonds. The first kappa shape index (κ1) is 23.1. The van der Waals surface area contributed by atoms with Gasteiger partial charge in [-0.3, -0.25) is 4.79 Å². The second-order valence-corrected chi connectivity index (χ2v) is 14.5. The van der Waals surface area contributed by atoms with Crippen LogP contribution in [-0.2, 0) is 14.0 Å². The Morgan fingerprint density at radius 1 is 1.36 bits per heavy atom. The zero-order valence-corrected chi connectivity index (χ0v) is 20.3. The van der Waals surface area contributed by atoms with Gasteiger partial charge in [0.1, 0.15) is 0 Å². The third-order valence-corrected chi connectivity index (χ3v) is 7.81. The Hall–Kier alpha value is -1.13. The maximum Gasteiger partial charge on any atom is 0.241 e. The molecule has 0 heterocycles. The fourth-order valence-electron chi connectivity index (χ4n) is 5.10. The van der Waals surface area contributed by atoms with Crippen molar-refractivity contribution in [1.82, 2.24) is 0 Å². The first-order valence-corrected chi connectivity index (χ1v) is 14.1. The van der Waals surface area contributed by atoms with Crippen molar-refractivity contribution in [1.29, 1.82) is 0 Å². The van der Waals surface area contributed by atoms with Crippen LogP contribution < -0.4 is 0 Å². The maximum absolute atomic E-state index is 12.8. The first-order valence-electron chi connectivity index (χ1n) is 10.7. The van der Waals surface area contributed by atoms with Gasteiger partial charge in [-0.2, -0.15) is 0 Å². The van der Waals surface area contributed by atoms with Gasteiger partial charge in [-0.15, -0.1) is 6.58 Å². The van der Waals surface area contributed by atoms with Gasteiger partial charge in [-0.1, -0.05) is 31.6 Å². The molecule has 0 aromatic heterocycles. The lowest BCUT2D eigenvalue weighted by Gasteiger charge is -2.48. The van der Waals surface area contributed by atoms with E-state index in [0.29, 0.717) is 18.1 Å². The molecule has 0 aromatic carbocycles. The van der Waals surface area contributed by atoms with Gasteiger partial charge in [0.05, 0.1) is 11.9 Å². The molecule has 4 heteroatoms. The molecule has 158 valence electrons. The Balaban J connectivity index is 2.44. The van der Waals surface area contributed by atoms with Crippen LogP contribution >= 0.6 is 0 Å². The van der Waals surface area contributed by atoms with Gasteiger partial charge < -0.3 is 9.16 Å². The number of rotatable bonds is 8. The Labute approximate surface area is 173 Å². The third-order valence-electron chi connectivity index (χ3n) is 6.98. The number of ketones is 1. The number of ether oxygens (including phenoxy) is 1. The summed E-state index contributed by atoms with van der Waals surface area (Å²) in [4.78, 5) is 12.8. The summed E-state index contributed by atoms with van der Waals surface area (Å²) in [5.74, 6) is 1.71. The summed E-state index contributed by atoms with van der Waals surface area (Å²) in [6.45, 7) is 19.5. The van der Waals surface area contributed by atoms with Crippen LogP contribution in [0.4, 0.5) is 0 Å². The van der Waals surface area contributed by atoms with Gasteiger partial charge >= 0.3 is 0 Å². The molecule has 2 aliphatic rings. The summed E-state index contributed by atoms with van der Waals surface area (Å²) < 4.78 is 12.6.